The fourth-order valence-electron chi connectivity index (χ4n) is 2.30. The zero-order chi connectivity index (χ0) is 18.5. The first-order valence-corrected chi connectivity index (χ1v) is 8.70. The van der Waals surface area contributed by atoms with E-state index in [2.05, 4.69) is 10.3 Å². The molecule has 7 heteroatoms. The molecule has 0 bridgehead atoms. The summed E-state index contributed by atoms with van der Waals surface area (Å²) in [5.74, 6) is 0.902. The van der Waals surface area contributed by atoms with Gasteiger partial charge in [-0.25, -0.2) is 4.98 Å². The monoisotopic (exact) mass is 369 g/mol. The van der Waals surface area contributed by atoms with Crippen LogP contribution in [-0.4, -0.2) is 29.7 Å². The maximum absolute atomic E-state index is 12.5. The number of nitrogens with one attached hydrogen (secondary N) is 1. The summed E-state index contributed by atoms with van der Waals surface area (Å²) in [5, 5.41) is 3.79. The molecule has 3 rings (SSSR count). The maximum atomic E-state index is 12.5. The molecule has 0 aliphatic rings. The Labute approximate surface area is 156 Å². The van der Waals surface area contributed by atoms with Gasteiger partial charge in [-0.3, -0.25) is 4.79 Å². The van der Waals surface area contributed by atoms with E-state index >= 15 is 0 Å². The summed E-state index contributed by atoms with van der Waals surface area (Å²) in [7, 11) is 5.05. The first-order valence-electron chi connectivity index (χ1n) is 7.88. The minimum atomic E-state index is -0.230. The first-order chi connectivity index (χ1) is 12.6. The van der Waals surface area contributed by atoms with Crippen molar-refractivity contribution in [2.75, 3.05) is 19.5 Å². The van der Waals surface area contributed by atoms with Crippen molar-refractivity contribution in [2.24, 2.45) is 7.05 Å². The van der Waals surface area contributed by atoms with Gasteiger partial charge in [0, 0.05) is 41.7 Å². The van der Waals surface area contributed by atoms with Crippen molar-refractivity contribution < 1.29 is 14.3 Å². The Kier molecular flexibility index (Phi) is 5.48. The second kappa shape index (κ2) is 7.97. The summed E-state index contributed by atoms with van der Waals surface area (Å²) in [6, 6.07) is 12.7. The quantitative estimate of drug-likeness (QED) is 0.715. The molecule has 0 saturated heterocycles. The van der Waals surface area contributed by atoms with Gasteiger partial charge in [-0.05, 0) is 36.4 Å². The molecule has 2 aromatic carbocycles. The molecule has 0 aliphatic carbocycles. The zero-order valence-corrected chi connectivity index (χ0v) is 15.5. The van der Waals surface area contributed by atoms with Crippen LogP contribution in [0, 0.1) is 0 Å². The van der Waals surface area contributed by atoms with Crippen LogP contribution in [0.4, 0.5) is 5.69 Å². The molecule has 0 spiro atoms. The zero-order valence-electron chi connectivity index (χ0n) is 14.7. The number of carbonyl (C=O) groups is 1. The normalized spacial score (nSPS) is 10.4. The average molecular weight is 369 g/mol. The molecule has 134 valence electrons. The van der Waals surface area contributed by atoms with E-state index in [1.807, 2.05) is 42.1 Å². The molecule has 0 radical (unpaired) electrons. The SMILES string of the molecule is COc1cc(OC)cc(C(=O)Nc2ccc(Sc3nccn3C)cc2)c1. The van der Waals surface area contributed by atoms with Crippen LogP contribution >= 0.6 is 11.8 Å². The third-order valence-electron chi connectivity index (χ3n) is 3.71. The van der Waals surface area contributed by atoms with Crippen molar-refractivity contribution in [3.05, 3.63) is 60.4 Å². The number of aryl methyl sites for hydroxylation is 1. The van der Waals surface area contributed by atoms with Gasteiger partial charge in [0.1, 0.15) is 11.5 Å². The number of imidazole rings is 1. The Morgan fingerprint density at radius 2 is 1.73 bits per heavy atom. The topological polar surface area (TPSA) is 65.4 Å². The average Bonchev–Trinajstić information content (AvgIpc) is 3.07. The van der Waals surface area contributed by atoms with Gasteiger partial charge in [-0.2, -0.15) is 0 Å². The molecule has 1 heterocycles. The molecule has 0 saturated carbocycles. The van der Waals surface area contributed by atoms with Gasteiger partial charge in [0.2, 0.25) is 0 Å². The minimum absolute atomic E-state index is 0.230. The van der Waals surface area contributed by atoms with Gasteiger partial charge in [0.25, 0.3) is 5.91 Å². The van der Waals surface area contributed by atoms with Crippen molar-refractivity contribution in [3.8, 4) is 11.5 Å². The molecular weight excluding hydrogens is 350 g/mol. The molecule has 6 nitrogen and oxygen atoms in total. The lowest BCUT2D eigenvalue weighted by atomic mass is 10.2. The fourth-order valence-corrected chi connectivity index (χ4v) is 3.11. The Morgan fingerprint density at radius 3 is 2.27 bits per heavy atom. The summed E-state index contributed by atoms with van der Waals surface area (Å²) in [5.41, 5.74) is 1.17. The van der Waals surface area contributed by atoms with Gasteiger partial charge in [0.15, 0.2) is 5.16 Å². The first kappa shape index (κ1) is 17.9. The van der Waals surface area contributed by atoms with Crippen LogP contribution in [0.15, 0.2) is 64.9 Å². The molecule has 0 fully saturated rings. The summed E-state index contributed by atoms with van der Waals surface area (Å²) < 4.78 is 12.4. The van der Waals surface area contributed by atoms with Crippen LogP contribution in [0.5, 0.6) is 11.5 Å². The number of carbonyl (C=O) groups excluding carboxylic acids is 1. The molecule has 0 unspecified atom stereocenters. The number of ether oxygens (including phenoxy) is 2. The molecule has 3 aromatic rings. The highest BCUT2D eigenvalue weighted by atomic mass is 32.2. The van der Waals surface area contributed by atoms with Crippen LogP contribution in [0.3, 0.4) is 0 Å². The molecule has 0 aliphatic heterocycles. The standard InChI is InChI=1S/C19H19N3O3S/c1-22-9-8-20-19(22)26-17-6-4-14(5-7-17)21-18(23)13-10-15(24-2)12-16(11-13)25-3/h4-12H,1-3H3,(H,21,23). The van der Waals surface area contributed by atoms with Crippen LogP contribution < -0.4 is 14.8 Å². The number of anilines is 1. The summed E-state index contributed by atoms with van der Waals surface area (Å²) in [4.78, 5) is 17.8. The number of nitrogens with zero attached hydrogens (tertiary/aromatic N) is 2. The number of rotatable bonds is 6. The van der Waals surface area contributed by atoms with Crippen LogP contribution in [0.2, 0.25) is 0 Å². The molecule has 0 atom stereocenters. The number of methoxy groups -OCH3 is 2. The van der Waals surface area contributed by atoms with E-state index in [9.17, 15) is 4.79 Å². The van der Waals surface area contributed by atoms with Gasteiger partial charge in [0.05, 0.1) is 14.2 Å². The van der Waals surface area contributed by atoms with E-state index in [0.29, 0.717) is 22.7 Å². The smallest absolute Gasteiger partial charge is 0.255 e. The van der Waals surface area contributed by atoms with Crippen LogP contribution in [0.1, 0.15) is 10.4 Å². The van der Waals surface area contributed by atoms with Crippen molar-refractivity contribution >= 4 is 23.4 Å². The highest BCUT2D eigenvalue weighted by Crippen LogP contribution is 2.27. The van der Waals surface area contributed by atoms with E-state index < -0.39 is 0 Å². The predicted octanol–water partition coefficient (Wildman–Crippen LogP) is 3.84. The maximum Gasteiger partial charge on any atom is 0.255 e. The Bertz CT molecular complexity index is 884. The van der Waals surface area contributed by atoms with Crippen molar-refractivity contribution in [1.29, 1.82) is 0 Å². The van der Waals surface area contributed by atoms with Gasteiger partial charge in [-0.1, -0.05) is 11.8 Å². The van der Waals surface area contributed by atoms with Gasteiger partial charge < -0.3 is 19.4 Å². The van der Waals surface area contributed by atoms with E-state index in [4.69, 9.17) is 9.47 Å². The lowest BCUT2D eigenvalue weighted by molar-refractivity contribution is 0.102. The molecule has 26 heavy (non-hydrogen) atoms. The Morgan fingerprint density at radius 1 is 1.08 bits per heavy atom. The summed E-state index contributed by atoms with van der Waals surface area (Å²) in [6.45, 7) is 0. The molecule has 1 amide bonds. The van der Waals surface area contributed by atoms with Crippen molar-refractivity contribution in [3.63, 3.8) is 0 Å². The predicted molar refractivity (Wildman–Crippen MR) is 101 cm³/mol. The van der Waals surface area contributed by atoms with Crippen molar-refractivity contribution in [1.82, 2.24) is 9.55 Å². The lowest BCUT2D eigenvalue weighted by Gasteiger charge is -2.10. The van der Waals surface area contributed by atoms with Gasteiger partial charge in [-0.15, -0.1) is 0 Å². The largest absolute Gasteiger partial charge is 0.497 e. The highest BCUT2D eigenvalue weighted by Gasteiger charge is 2.10. The Hall–Kier alpha value is -2.93. The second-order valence-electron chi connectivity index (χ2n) is 5.50. The lowest BCUT2D eigenvalue weighted by Crippen LogP contribution is -2.12. The summed E-state index contributed by atoms with van der Waals surface area (Å²) >= 11 is 1.56. The molecule has 1 aromatic heterocycles. The van der Waals surface area contributed by atoms with E-state index in [1.54, 1.807) is 50.4 Å². The highest BCUT2D eigenvalue weighted by molar-refractivity contribution is 7.99. The Balaban J connectivity index is 1.71. The summed E-state index contributed by atoms with van der Waals surface area (Å²) in [6.07, 6.45) is 3.67. The number of hydrogen-bond acceptors (Lipinski definition) is 5. The fraction of sp³-hybridized carbons (Fsp3) is 0.158. The molecule has 1 N–H and O–H groups in total. The van der Waals surface area contributed by atoms with Gasteiger partial charge >= 0.3 is 0 Å². The van der Waals surface area contributed by atoms with Crippen LogP contribution in [-0.2, 0) is 7.05 Å². The van der Waals surface area contributed by atoms with Crippen molar-refractivity contribution in [2.45, 2.75) is 10.1 Å². The number of aromatic nitrogens is 2. The van der Waals surface area contributed by atoms with Crippen LogP contribution in [0.25, 0.3) is 0 Å². The number of amides is 1. The van der Waals surface area contributed by atoms with E-state index in [1.165, 1.54) is 0 Å². The number of hydrogen-bond donors (Lipinski definition) is 1. The third-order valence-corrected chi connectivity index (χ3v) is 4.80. The number of benzene rings is 2. The third kappa shape index (κ3) is 4.18. The van der Waals surface area contributed by atoms with E-state index in [-0.39, 0.29) is 5.91 Å². The van der Waals surface area contributed by atoms with E-state index in [0.717, 1.165) is 10.1 Å². The second-order valence-corrected chi connectivity index (χ2v) is 6.54. The molecular formula is C19H19N3O3S. The minimum Gasteiger partial charge on any atom is -0.497 e.